The molecule has 0 amide bonds. The molecule has 2 aromatic carbocycles. The third-order valence-electron chi connectivity index (χ3n) is 2.84. The van der Waals surface area contributed by atoms with Gasteiger partial charge in [-0.2, -0.15) is 0 Å². The fourth-order valence-corrected chi connectivity index (χ4v) is 1.99. The van der Waals surface area contributed by atoms with E-state index < -0.39 is 5.82 Å². The van der Waals surface area contributed by atoms with Crippen LogP contribution in [0.1, 0.15) is 16.7 Å². The fourth-order valence-electron chi connectivity index (χ4n) is 1.82. The van der Waals surface area contributed by atoms with Gasteiger partial charge in [0.15, 0.2) is 5.84 Å². The molecule has 0 aliphatic carbocycles. The predicted molar refractivity (Wildman–Crippen MR) is 79.4 cm³/mol. The number of nitrogens with two attached hydrogens (primary N) is 1. The first-order valence-corrected chi connectivity index (χ1v) is 6.53. The molecule has 2 rings (SSSR count). The van der Waals surface area contributed by atoms with Gasteiger partial charge in [-0.15, -0.1) is 0 Å². The second kappa shape index (κ2) is 6.45. The van der Waals surface area contributed by atoms with Crippen LogP contribution in [0.5, 0.6) is 5.75 Å². The van der Waals surface area contributed by atoms with Crippen LogP contribution in [0.3, 0.4) is 0 Å². The Morgan fingerprint density at radius 1 is 1.33 bits per heavy atom. The van der Waals surface area contributed by atoms with Gasteiger partial charge in [0.2, 0.25) is 0 Å². The first-order valence-electron chi connectivity index (χ1n) is 6.16. The third kappa shape index (κ3) is 3.86. The van der Waals surface area contributed by atoms with Gasteiger partial charge in [0, 0.05) is 5.56 Å². The molecule has 6 heteroatoms. The van der Waals surface area contributed by atoms with Crippen molar-refractivity contribution in [3.63, 3.8) is 0 Å². The van der Waals surface area contributed by atoms with Gasteiger partial charge in [0.1, 0.15) is 18.2 Å². The van der Waals surface area contributed by atoms with Crippen LogP contribution in [-0.4, -0.2) is 11.0 Å². The lowest BCUT2D eigenvalue weighted by Gasteiger charge is -2.10. The highest BCUT2D eigenvalue weighted by Crippen LogP contribution is 2.26. The van der Waals surface area contributed by atoms with Crippen molar-refractivity contribution in [3.05, 3.63) is 63.9 Å². The first-order chi connectivity index (χ1) is 9.99. The van der Waals surface area contributed by atoms with Crippen LogP contribution in [0.25, 0.3) is 0 Å². The van der Waals surface area contributed by atoms with Gasteiger partial charge in [-0.3, -0.25) is 0 Å². The number of hydrogen-bond donors (Lipinski definition) is 2. The van der Waals surface area contributed by atoms with E-state index in [1.54, 1.807) is 18.2 Å². The summed E-state index contributed by atoms with van der Waals surface area (Å²) in [6.07, 6.45) is 0. The number of amidine groups is 1. The lowest BCUT2D eigenvalue weighted by molar-refractivity contribution is 0.305. The van der Waals surface area contributed by atoms with E-state index >= 15 is 0 Å². The number of rotatable bonds is 4. The average Bonchev–Trinajstić information content (AvgIpc) is 2.46. The molecule has 0 atom stereocenters. The molecule has 0 heterocycles. The van der Waals surface area contributed by atoms with Crippen molar-refractivity contribution in [2.24, 2.45) is 10.9 Å². The van der Waals surface area contributed by atoms with Crippen molar-refractivity contribution in [1.29, 1.82) is 0 Å². The number of nitrogens with zero attached hydrogens (tertiary/aromatic N) is 1. The van der Waals surface area contributed by atoms with Crippen LogP contribution in [0.15, 0.2) is 41.6 Å². The van der Waals surface area contributed by atoms with Gasteiger partial charge in [0.25, 0.3) is 0 Å². The molecule has 0 radical (unpaired) electrons. The molecule has 0 saturated carbocycles. The molecule has 0 aromatic heterocycles. The molecule has 0 fully saturated rings. The standard InChI is InChI=1S/C15H14ClFN2O2/c1-9-2-3-13(16)14(4-9)21-8-10-5-11(15(18)19-20)7-12(17)6-10/h2-7,20H,8H2,1H3,(H2,18,19). The summed E-state index contributed by atoms with van der Waals surface area (Å²) >= 11 is 6.03. The van der Waals surface area contributed by atoms with E-state index in [1.165, 1.54) is 12.1 Å². The highest BCUT2D eigenvalue weighted by Gasteiger charge is 2.07. The summed E-state index contributed by atoms with van der Waals surface area (Å²) in [6, 6.07) is 9.48. The summed E-state index contributed by atoms with van der Waals surface area (Å²) < 4.78 is 19.1. The van der Waals surface area contributed by atoms with Crippen molar-refractivity contribution in [1.82, 2.24) is 0 Å². The number of halogens is 2. The number of benzene rings is 2. The highest BCUT2D eigenvalue weighted by molar-refractivity contribution is 6.32. The summed E-state index contributed by atoms with van der Waals surface area (Å²) in [4.78, 5) is 0. The first kappa shape index (κ1) is 15.1. The molecule has 3 N–H and O–H groups in total. The van der Waals surface area contributed by atoms with Crippen molar-refractivity contribution >= 4 is 17.4 Å². The summed E-state index contributed by atoms with van der Waals surface area (Å²) in [7, 11) is 0. The molecule has 0 aliphatic heterocycles. The Balaban J connectivity index is 2.20. The van der Waals surface area contributed by atoms with Crippen LogP contribution < -0.4 is 10.5 Å². The zero-order valence-corrected chi connectivity index (χ0v) is 12.1. The van der Waals surface area contributed by atoms with Crippen LogP contribution >= 0.6 is 11.6 Å². The Labute approximate surface area is 126 Å². The zero-order chi connectivity index (χ0) is 15.4. The Kier molecular flexibility index (Phi) is 4.65. The molecule has 0 bridgehead atoms. The Morgan fingerprint density at radius 2 is 2.10 bits per heavy atom. The maximum absolute atomic E-state index is 13.5. The van der Waals surface area contributed by atoms with E-state index in [0.717, 1.165) is 5.56 Å². The number of ether oxygens (including phenoxy) is 1. The molecule has 0 unspecified atom stereocenters. The number of oxime groups is 1. The topological polar surface area (TPSA) is 67.8 Å². The minimum absolute atomic E-state index is 0.118. The smallest absolute Gasteiger partial charge is 0.170 e. The van der Waals surface area contributed by atoms with Crippen LogP contribution in [-0.2, 0) is 6.61 Å². The number of aryl methyl sites for hydroxylation is 1. The highest BCUT2D eigenvalue weighted by atomic mass is 35.5. The SMILES string of the molecule is Cc1ccc(Cl)c(OCc2cc(F)cc(/C(N)=N/O)c2)c1. The van der Waals surface area contributed by atoms with E-state index in [2.05, 4.69) is 5.16 Å². The van der Waals surface area contributed by atoms with Crippen LogP contribution in [0, 0.1) is 12.7 Å². The molecular weight excluding hydrogens is 295 g/mol. The van der Waals surface area contributed by atoms with Gasteiger partial charge in [-0.05, 0) is 48.4 Å². The molecule has 0 aliphatic rings. The quantitative estimate of drug-likeness (QED) is 0.393. The number of hydrogen-bond acceptors (Lipinski definition) is 3. The maximum Gasteiger partial charge on any atom is 0.170 e. The lowest BCUT2D eigenvalue weighted by atomic mass is 10.1. The molecule has 21 heavy (non-hydrogen) atoms. The largest absolute Gasteiger partial charge is 0.487 e. The Hall–Kier alpha value is -2.27. The molecule has 110 valence electrons. The van der Waals surface area contributed by atoms with E-state index in [9.17, 15) is 4.39 Å². The van der Waals surface area contributed by atoms with E-state index in [1.807, 2.05) is 13.0 Å². The summed E-state index contributed by atoms with van der Waals surface area (Å²) in [5.41, 5.74) is 7.29. The van der Waals surface area contributed by atoms with E-state index in [4.69, 9.17) is 27.3 Å². The van der Waals surface area contributed by atoms with Crippen molar-refractivity contribution in [2.45, 2.75) is 13.5 Å². The summed E-state index contributed by atoms with van der Waals surface area (Å²) in [5, 5.41) is 12.0. The van der Waals surface area contributed by atoms with Crippen molar-refractivity contribution in [2.75, 3.05) is 0 Å². The minimum Gasteiger partial charge on any atom is -0.487 e. The minimum atomic E-state index is -0.493. The Bertz CT molecular complexity index is 689. The van der Waals surface area contributed by atoms with E-state index in [-0.39, 0.29) is 18.0 Å². The summed E-state index contributed by atoms with van der Waals surface area (Å²) in [5.74, 6) is -0.136. The van der Waals surface area contributed by atoms with Crippen LogP contribution in [0.2, 0.25) is 5.02 Å². The third-order valence-corrected chi connectivity index (χ3v) is 3.15. The van der Waals surface area contributed by atoms with Crippen molar-refractivity contribution in [3.8, 4) is 5.75 Å². The second-order valence-electron chi connectivity index (χ2n) is 4.56. The lowest BCUT2D eigenvalue weighted by Crippen LogP contribution is -2.14. The Morgan fingerprint density at radius 3 is 2.81 bits per heavy atom. The summed E-state index contributed by atoms with van der Waals surface area (Å²) in [6.45, 7) is 2.04. The van der Waals surface area contributed by atoms with Gasteiger partial charge in [-0.25, -0.2) is 4.39 Å². The van der Waals surface area contributed by atoms with Crippen molar-refractivity contribution < 1.29 is 14.3 Å². The predicted octanol–water partition coefficient (Wildman–Crippen LogP) is 3.46. The average molecular weight is 309 g/mol. The van der Waals surface area contributed by atoms with Crippen LogP contribution in [0.4, 0.5) is 4.39 Å². The monoisotopic (exact) mass is 308 g/mol. The molecule has 0 spiro atoms. The fraction of sp³-hybridized carbons (Fsp3) is 0.133. The van der Waals surface area contributed by atoms with Gasteiger partial charge >= 0.3 is 0 Å². The molecule has 4 nitrogen and oxygen atoms in total. The molecule has 0 saturated heterocycles. The molecular formula is C15H14ClFN2O2. The second-order valence-corrected chi connectivity index (χ2v) is 4.96. The van der Waals surface area contributed by atoms with Gasteiger partial charge in [-0.1, -0.05) is 22.8 Å². The van der Waals surface area contributed by atoms with Gasteiger partial charge < -0.3 is 15.7 Å². The normalized spacial score (nSPS) is 11.5. The molecule has 2 aromatic rings. The van der Waals surface area contributed by atoms with E-state index in [0.29, 0.717) is 16.3 Å². The van der Waals surface area contributed by atoms with Gasteiger partial charge in [0.05, 0.1) is 5.02 Å². The maximum atomic E-state index is 13.5. The zero-order valence-electron chi connectivity index (χ0n) is 11.3.